The first kappa shape index (κ1) is 23.2. The van der Waals surface area contributed by atoms with Crippen molar-refractivity contribution in [3.63, 3.8) is 0 Å². The number of carbonyl (C=O) groups excluding carboxylic acids is 2. The lowest BCUT2D eigenvalue weighted by Crippen LogP contribution is -2.56. The number of carbonyl (C=O) groups is 2. The SMILES string of the molecule is CC(=O)Nc1cccc(NC(=S)NC(NC(=O)c2ccccc2C)C(Cl)(Cl)Cl)c1. The van der Waals surface area contributed by atoms with Crippen molar-refractivity contribution in [2.45, 2.75) is 23.8 Å². The highest BCUT2D eigenvalue weighted by atomic mass is 35.6. The van der Waals surface area contributed by atoms with Crippen molar-refractivity contribution in [2.24, 2.45) is 0 Å². The van der Waals surface area contributed by atoms with E-state index in [1.807, 2.05) is 6.07 Å². The van der Waals surface area contributed by atoms with Gasteiger partial charge in [0.05, 0.1) is 0 Å². The Balaban J connectivity index is 2.08. The summed E-state index contributed by atoms with van der Waals surface area (Å²) in [6.07, 6.45) is -1.10. The molecule has 0 aliphatic heterocycles. The molecule has 29 heavy (non-hydrogen) atoms. The van der Waals surface area contributed by atoms with Crippen LogP contribution in [0.2, 0.25) is 0 Å². The van der Waals surface area contributed by atoms with Gasteiger partial charge in [0.2, 0.25) is 9.70 Å². The van der Waals surface area contributed by atoms with Gasteiger partial charge < -0.3 is 21.3 Å². The van der Waals surface area contributed by atoms with Gasteiger partial charge >= 0.3 is 0 Å². The van der Waals surface area contributed by atoms with Gasteiger partial charge in [0.15, 0.2) is 5.11 Å². The lowest BCUT2D eigenvalue weighted by molar-refractivity contribution is -0.114. The number of aryl methyl sites for hydroxylation is 1. The highest BCUT2D eigenvalue weighted by molar-refractivity contribution is 7.80. The number of nitrogens with one attached hydrogen (secondary N) is 4. The largest absolute Gasteiger partial charge is 0.339 e. The zero-order chi connectivity index (χ0) is 21.6. The molecule has 2 amide bonds. The molecule has 0 bridgehead atoms. The number of halogens is 3. The minimum Gasteiger partial charge on any atom is -0.339 e. The predicted octanol–water partition coefficient (Wildman–Crippen LogP) is 4.37. The van der Waals surface area contributed by atoms with Gasteiger partial charge in [0.25, 0.3) is 5.91 Å². The van der Waals surface area contributed by atoms with Crippen LogP contribution in [0.3, 0.4) is 0 Å². The van der Waals surface area contributed by atoms with Gasteiger partial charge in [0, 0.05) is 23.9 Å². The highest BCUT2D eigenvalue weighted by Crippen LogP contribution is 2.29. The van der Waals surface area contributed by atoms with Crippen molar-refractivity contribution < 1.29 is 9.59 Å². The van der Waals surface area contributed by atoms with Crippen molar-refractivity contribution in [1.29, 1.82) is 0 Å². The molecule has 0 saturated heterocycles. The van der Waals surface area contributed by atoms with Crippen LogP contribution in [-0.4, -0.2) is 26.9 Å². The molecular formula is C19H19Cl3N4O2S. The van der Waals surface area contributed by atoms with Gasteiger partial charge in [-0.3, -0.25) is 9.59 Å². The Kier molecular flexibility index (Phi) is 8.10. The Morgan fingerprint density at radius 2 is 1.59 bits per heavy atom. The van der Waals surface area contributed by atoms with Crippen LogP contribution in [0.15, 0.2) is 48.5 Å². The summed E-state index contributed by atoms with van der Waals surface area (Å²) in [5.41, 5.74) is 2.43. The standard InChI is InChI=1S/C19H19Cl3N4O2S/c1-11-6-3-4-9-15(11)16(28)25-17(19(20,21)22)26-18(29)24-14-8-5-7-13(10-14)23-12(2)27/h3-10,17H,1-2H3,(H,23,27)(H,25,28)(H2,24,26,29). The number of hydrogen-bond acceptors (Lipinski definition) is 3. The van der Waals surface area contributed by atoms with Crippen LogP contribution in [0, 0.1) is 6.92 Å². The molecule has 1 unspecified atom stereocenters. The molecular weight excluding hydrogens is 455 g/mol. The molecule has 6 nitrogen and oxygen atoms in total. The monoisotopic (exact) mass is 472 g/mol. The van der Waals surface area contributed by atoms with E-state index in [9.17, 15) is 9.59 Å². The van der Waals surface area contributed by atoms with Gasteiger partial charge in [-0.05, 0) is 49.0 Å². The van der Waals surface area contributed by atoms with E-state index in [-0.39, 0.29) is 11.0 Å². The normalized spacial score (nSPS) is 11.9. The van der Waals surface area contributed by atoms with E-state index in [1.165, 1.54) is 6.92 Å². The maximum atomic E-state index is 12.6. The zero-order valence-corrected chi connectivity index (χ0v) is 18.6. The third kappa shape index (κ3) is 7.36. The summed E-state index contributed by atoms with van der Waals surface area (Å²) in [6, 6.07) is 13.9. The van der Waals surface area contributed by atoms with Crippen LogP contribution in [0.25, 0.3) is 0 Å². The van der Waals surface area contributed by atoms with E-state index in [4.69, 9.17) is 47.0 Å². The molecule has 4 N–H and O–H groups in total. The lowest BCUT2D eigenvalue weighted by Gasteiger charge is -2.28. The second-order valence-electron chi connectivity index (χ2n) is 6.12. The number of amides is 2. The molecule has 1 atom stereocenters. The quantitative estimate of drug-likeness (QED) is 0.295. The van der Waals surface area contributed by atoms with E-state index in [1.54, 1.807) is 49.4 Å². The maximum absolute atomic E-state index is 12.6. The summed E-state index contributed by atoms with van der Waals surface area (Å²) in [7, 11) is 0. The van der Waals surface area contributed by atoms with E-state index in [2.05, 4.69) is 21.3 Å². The Morgan fingerprint density at radius 3 is 2.17 bits per heavy atom. The molecule has 0 heterocycles. The molecule has 0 aliphatic carbocycles. The molecule has 0 saturated carbocycles. The summed E-state index contributed by atoms with van der Waals surface area (Å²) < 4.78 is -1.87. The number of anilines is 2. The number of rotatable bonds is 5. The molecule has 0 radical (unpaired) electrons. The van der Waals surface area contributed by atoms with Crippen LogP contribution >= 0.6 is 47.0 Å². The van der Waals surface area contributed by atoms with Crippen LogP contribution in [-0.2, 0) is 4.79 Å². The lowest BCUT2D eigenvalue weighted by atomic mass is 10.1. The maximum Gasteiger partial charge on any atom is 0.253 e. The number of alkyl halides is 3. The first-order valence-corrected chi connectivity index (χ1v) is 9.99. The van der Waals surface area contributed by atoms with Crippen LogP contribution in [0.1, 0.15) is 22.8 Å². The van der Waals surface area contributed by atoms with Gasteiger partial charge in [-0.2, -0.15) is 0 Å². The smallest absolute Gasteiger partial charge is 0.253 e. The first-order chi connectivity index (χ1) is 13.6. The fourth-order valence-electron chi connectivity index (χ4n) is 2.41. The van der Waals surface area contributed by atoms with Crippen molar-refractivity contribution in [3.8, 4) is 0 Å². The Bertz CT molecular complexity index is 918. The van der Waals surface area contributed by atoms with Gasteiger partial charge in [-0.15, -0.1) is 0 Å². The first-order valence-electron chi connectivity index (χ1n) is 8.44. The Hall–Kier alpha value is -2.06. The molecule has 0 aromatic heterocycles. The molecule has 154 valence electrons. The minimum absolute atomic E-state index is 0.117. The van der Waals surface area contributed by atoms with Crippen LogP contribution in [0.5, 0.6) is 0 Å². The third-order valence-electron chi connectivity index (χ3n) is 3.71. The number of thiocarbonyl (C=S) groups is 1. The van der Waals surface area contributed by atoms with E-state index in [0.717, 1.165) is 5.56 Å². The topological polar surface area (TPSA) is 82.3 Å². The molecule has 2 aromatic carbocycles. The summed E-state index contributed by atoms with van der Waals surface area (Å²) in [6.45, 7) is 3.22. The molecule has 10 heteroatoms. The summed E-state index contributed by atoms with van der Waals surface area (Å²) >= 11 is 23.3. The summed E-state index contributed by atoms with van der Waals surface area (Å²) in [5, 5.41) is 11.1. The predicted molar refractivity (Wildman–Crippen MR) is 123 cm³/mol. The summed E-state index contributed by atoms with van der Waals surface area (Å²) in [5.74, 6) is -0.611. The number of hydrogen-bond donors (Lipinski definition) is 4. The van der Waals surface area contributed by atoms with Crippen molar-refractivity contribution >= 4 is 75.3 Å². The van der Waals surface area contributed by atoms with E-state index >= 15 is 0 Å². The fraction of sp³-hybridized carbons (Fsp3) is 0.211. The highest BCUT2D eigenvalue weighted by Gasteiger charge is 2.35. The average Bonchev–Trinajstić information content (AvgIpc) is 2.60. The van der Waals surface area contributed by atoms with Gasteiger partial charge in [-0.1, -0.05) is 59.1 Å². The molecule has 0 fully saturated rings. The zero-order valence-electron chi connectivity index (χ0n) is 15.6. The second kappa shape index (κ2) is 10.1. The van der Waals surface area contributed by atoms with Crippen molar-refractivity contribution in [1.82, 2.24) is 10.6 Å². The minimum atomic E-state index is -1.87. The fourth-order valence-corrected chi connectivity index (χ4v) is 2.98. The van der Waals surface area contributed by atoms with Crippen LogP contribution in [0.4, 0.5) is 11.4 Å². The Morgan fingerprint density at radius 1 is 0.966 bits per heavy atom. The van der Waals surface area contributed by atoms with Crippen molar-refractivity contribution in [2.75, 3.05) is 10.6 Å². The third-order valence-corrected chi connectivity index (χ3v) is 4.58. The summed E-state index contributed by atoms with van der Waals surface area (Å²) in [4.78, 5) is 23.8. The number of benzene rings is 2. The van der Waals surface area contributed by atoms with E-state index in [0.29, 0.717) is 16.9 Å². The average molecular weight is 474 g/mol. The van der Waals surface area contributed by atoms with E-state index < -0.39 is 15.9 Å². The molecule has 2 aromatic rings. The Labute approximate surface area is 189 Å². The molecule has 2 rings (SSSR count). The van der Waals surface area contributed by atoms with Crippen LogP contribution < -0.4 is 21.3 Å². The van der Waals surface area contributed by atoms with Gasteiger partial charge in [0.1, 0.15) is 6.17 Å². The molecule has 0 aliphatic rings. The van der Waals surface area contributed by atoms with Gasteiger partial charge in [-0.25, -0.2) is 0 Å². The van der Waals surface area contributed by atoms with Crippen molar-refractivity contribution in [3.05, 3.63) is 59.7 Å². The molecule has 0 spiro atoms. The second-order valence-corrected chi connectivity index (χ2v) is 8.90.